The molecule has 1 radical (unpaired) electrons. The van der Waals surface area contributed by atoms with Crippen LogP contribution in [0.3, 0.4) is 0 Å². The lowest BCUT2D eigenvalue weighted by Gasteiger charge is -2.04. The minimum Gasteiger partial charge on any atom is -0.0654 e. The maximum absolute atomic E-state index is 3.93. The Labute approximate surface area is 133 Å². The van der Waals surface area contributed by atoms with Gasteiger partial charge >= 0.3 is 0 Å². The molecule has 0 aliphatic carbocycles. The lowest BCUT2D eigenvalue weighted by molar-refractivity contribution is 0.544. The monoisotopic (exact) mass is 287 g/mol. The first-order valence-electron chi connectivity index (χ1n) is 9.24. The van der Waals surface area contributed by atoms with E-state index in [2.05, 4.69) is 38.1 Å². The lowest BCUT2D eigenvalue weighted by Crippen LogP contribution is -1.87. The predicted octanol–water partition coefficient (Wildman–Crippen LogP) is 7.11. The zero-order valence-electron chi connectivity index (χ0n) is 14.2. The zero-order chi connectivity index (χ0) is 15.2. The predicted molar refractivity (Wildman–Crippen MR) is 95.7 cm³/mol. The van der Waals surface area contributed by atoms with Crippen LogP contribution in [0.2, 0.25) is 0 Å². The summed E-state index contributed by atoms with van der Waals surface area (Å²) in [5, 5.41) is 0. The fourth-order valence-corrected chi connectivity index (χ4v) is 2.88. The Morgan fingerprint density at radius 1 is 0.619 bits per heavy atom. The molecule has 0 N–H and O–H groups in total. The SMILES string of the molecule is [CH2]c1ccc(CCCCCCCCCCCCCC)cc1. The van der Waals surface area contributed by atoms with Crippen LogP contribution in [0.4, 0.5) is 0 Å². The molecule has 119 valence electrons. The standard InChI is InChI=1S/C21H35/c1-3-4-5-6-7-8-9-10-11-12-13-14-15-21-18-16-20(2)17-19-21/h16-19H,2-15H2,1H3. The van der Waals surface area contributed by atoms with Gasteiger partial charge in [-0.15, -0.1) is 0 Å². The van der Waals surface area contributed by atoms with Crippen LogP contribution in [0.25, 0.3) is 0 Å². The van der Waals surface area contributed by atoms with Crippen LogP contribution in [-0.2, 0) is 6.42 Å². The highest BCUT2D eigenvalue weighted by molar-refractivity contribution is 5.24. The van der Waals surface area contributed by atoms with E-state index < -0.39 is 0 Å². The summed E-state index contributed by atoms with van der Waals surface area (Å²) in [5.41, 5.74) is 2.59. The number of benzene rings is 1. The first-order chi connectivity index (χ1) is 10.3. The Bertz CT molecular complexity index is 322. The highest BCUT2D eigenvalue weighted by Crippen LogP contribution is 2.13. The molecule has 1 aromatic carbocycles. The molecular formula is C21H35. The molecule has 1 aromatic rings. The molecule has 0 unspecified atom stereocenters. The molecule has 0 spiro atoms. The molecule has 0 aliphatic heterocycles. The Hall–Kier alpha value is -0.780. The molecule has 0 heteroatoms. The van der Waals surface area contributed by atoms with E-state index in [4.69, 9.17) is 0 Å². The normalized spacial score (nSPS) is 11.0. The topological polar surface area (TPSA) is 0 Å². The number of rotatable bonds is 13. The minimum absolute atomic E-state index is 1.12. The second-order valence-corrected chi connectivity index (χ2v) is 6.46. The van der Waals surface area contributed by atoms with Crippen molar-refractivity contribution in [3.8, 4) is 0 Å². The fraction of sp³-hybridized carbons (Fsp3) is 0.667. The van der Waals surface area contributed by atoms with Gasteiger partial charge in [0.2, 0.25) is 0 Å². The maximum Gasteiger partial charge on any atom is -0.0238 e. The van der Waals surface area contributed by atoms with E-state index in [1.165, 1.54) is 89.0 Å². The number of hydrogen-bond acceptors (Lipinski definition) is 0. The smallest absolute Gasteiger partial charge is 0.0238 e. The van der Waals surface area contributed by atoms with Crippen LogP contribution in [0, 0.1) is 6.92 Å². The van der Waals surface area contributed by atoms with Gasteiger partial charge in [-0.2, -0.15) is 0 Å². The summed E-state index contributed by atoms with van der Waals surface area (Å²) in [4.78, 5) is 0. The van der Waals surface area contributed by atoms with Gasteiger partial charge in [-0.1, -0.05) is 102 Å². The summed E-state index contributed by atoms with van der Waals surface area (Å²) in [6.45, 7) is 6.22. The molecule has 0 atom stereocenters. The van der Waals surface area contributed by atoms with Crippen LogP contribution in [0.5, 0.6) is 0 Å². The van der Waals surface area contributed by atoms with E-state index in [0.717, 1.165) is 5.56 Å². The van der Waals surface area contributed by atoms with Crippen LogP contribution < -0.4 is 0 Å². The van der Waals surface area contributed by atoms with Gasteiger partial charge in [0, 0.05) is 0 Å². The van der Waals surface area contributed by atoms with E-state index in [1.807, 2.05) is 0 Å². The fourth-order valence-electron chi connectivity index (χ4n) is 2.88. The quantitative estimate of drug-likeness (QED) is 0.339. The molecular weight excluding hydrogens is 252 g/mol. The second kappa shape index (κ2) is 12.9. The summed E-state index contributed by atoms with van der Waals surface area (Å²) in [7, 11) is 0. The Kier molecular flexibility index (Phi) is 11.2. The van der Waals surface area contributed by atoms with E-state index in [0.29, 0.717) is 0 Å². The van der Waals surface area contributed by atoms with Gasteiger partial charge in [0.05, 0.1) is 0 Å². The van der Waals surface area contributed by atoms with Gasteiger partial charge in [-0.05, 0) is 30.9 Å². The van der Waals surface area contributed by atoms with E-state index in [-0.39, 0.29) is 0 Å². The summed E-state index contributed by atoms with van der Waals surface area (Å²) in [6.07, 6.45) is 18.3. The van der Waals surface area contributed by atoms with Gasteiger partial charge in [0.1, 0.15) is 0 Å². The highest BCUT2D eigenvalue weighted by Gasteiger charge is 1.95. The van der Waals surface area contributed by atoms with E-state index in [9.17, 15) is 0 Å². The van der Waals surface area contributed by atoms with Crippen molar-refractivity contribution in [3.05, 3.63) is 42.3 Å². The Balaban J connectivity index is 1.81. The molecule has 1 rings (SSSR count). The Morgan fingerprint density at radius 2 is 1.05 bits per heavy atom. The summed E-state index contributed by atoms with van der Waals surface area (Å²) < 4.78 is 0. The van der Waals surface area contributed by atoms with Crippen molar-refractivity contribution < 1.29 is 0 Å². The van der Waals surface area contributed by atoms with E-state index >= 15 is 0 Å². The first-order valence-corrected chi connectivity index (χ1v) is 9.24. The highest BCUT2D eigenvalue weighted by atomic mass is 14.0. The number of aryl methyl sites for hydroxylation is 1. The van der Waals surface area contributed by atoms with Crippen LogP contribution in [-0.4, -0.2) is 0 Å². The molecule has 0 fully saturated rings. The van der Waals surface area contributed by atoms with Gasteiger partial charge in [-0.25, -0.2) is 0 Å². The van der Waals surface area contributed by atoms with E-state index in [1.54, 1.807) is 0 Å². The molecule has 0 aliphatic rings. The van der Waals surface area contributed by atoms with Crippen molar-refractivity contribution in [1.82, 2.24) is 0 Å². The van der Waals surface area contributed by atoms with Gasteiger partial charge in [0.25, 0.3) is 0 Å². The number of hydrogen-bond donors (Lipinski definition) is 0. The van der Waals surface area contributed by atoms with Crippen molar-refractivity contribution in [2.75, 3.05) is 0 Å². The van der Waals surface area contributed by atoms with Crippen molar-refractivity contribution in [3.63, 3.8) is 0 Å². The third-order valence-electron chi connectivity index (χ3n) is 4.34. The summed E-state index contributed by atoms with van der Waals surface area (Å²) >= 11 is 0. The third kappa shape index (κ3) is 10.6. The van der Waals surface area contributed by atoms with Gasteiger partial charge < -0.3 is 0 Å². The third-order valence-corrected chi connectivity index (χ3v) is 4.34. The van der Waals surface area contributed by atoms with Crippen molar-refractivity contribution in [1.29, 1.82) is 0 Å². The summed E-state index contributed by atoms with van der Waals surface area (Å²) in [6, 6.07) is 8.69. The van der Waals surface area contributed by atoms with Crippen LogP contribution in [0.15, 0.2) is 24.3 Å². The van der Waals surface area contributed by atoms with Gasteiger partial charge in [0.15, 0.2) is 0 Å². The Morgan fingerprint density at radius 3 is 1.52 bits per heavy atom. The molecule has 0 amide bonds. The lowest BCUT2D eigenvalue weighted by atomic mass is 10.0. The van der Waals surface area contributed by atoms with Crippen LogP contribution >= 0.6 is 0 Å². The first kappa shape index (κ1) is 18.3. The average molecular weight is 288 g/mol. The van der Waals surface area contributed by atoms with Crippen LogP contribution in [0.1, 0.15) is 95.1 Å². The molecule has 21 heavy (non-hydrogen) atoms. The zero-order valence-corrected chi connectivity index (χ0v) is 14.2. The maximum atomic E-state index is 3.93. The van der Waals surface area contributed by atoms with Crippen molar-refractivity contribution in [2.24, 2.45) is 0 Å². The van der Waals surface area contributed by atoms with Crippen molar-refractivity contribution in [2.45, 2.75) is 90.4 Å². The molecule has 0 saturated heterocycles. The molecule has 0 nitrogen and oxygen atoms in total. The average Bonchev–Trinajstić information content (AvgIpc) is 2.50. The molecule has 0 saturated carbocycles. The second-order valence-electron chi connectivity index (χ2n) is 6.46. The largest absolute Gasteiger partial charge is 0.0654 e. The molecule has 0 aromatic heterocycles. The summed E-state index contributed by atoms with van der Waals surface area (Å²) in [5.74, 6) is 0. The minimum atomic E-state index is 1.12. The molecule has 0 bridgehead atoms. The van der Waals surface area contributed by atoms with Crippen molar-refractivity contribution >= 4 is 0 Å². The number of unbranched alkanes of at least 4 members (excludes halogenated alkanes) is 11. The van der Waals surface area contributed by atoms with Gasteiger partial charge in [-0.3, -0.25) is 0 Å². The molecule has 0 heterocycles.